The number of nitrogens with one attached hydrogen (secondary N) is 1. The van der Waals surface area contributed by atoms with Crippen LogP contribution in [0.5, 0.6) is 0 Å². The summed E-state index contributed by atoms with van der Waals surface area (Å²) in [5, 5.41) is 22.9. The largest absolute Gasteiger partial charge is 0.395 e. The van der Waals surface area contributed by atoms with Gasteiger partial charge in [-0.3, -0.25) is 15.0 Å². The number of nitro benzene ring substituents is 1. The Morgan fingerprint density at radius 1 is 1.48 bits per heavy atom. The van der Waals surface area contributed by atoms with Crippen molar-refractivity contribution in [2.75, 3.05) is 31.6 Å². The highest BCUT2D eigenvalue weighted by molar-refractivity contribution is 5.66. The summed E-state index contributed by atoms with van der Waals surface area (Å²) in [6, 6.07) is 4.54. The highest BCUT2D eigenvalue weighted by atomic mass is 19.3. The molecule has 0 aliphatic heterocycles. The van der Waals surface area contributed by atoms with Crippen LogP contribution in [0.3, 0.4) is 0 Å². The quantitative estimate of drug-likeness (QED) is 0.539. The predicted octanol–water partition coefficient (Wildman–Crippen LogP) is 2.09. The molecule has 0 saturated heterocycles. The number of hydrogen-bond donors (Lipinski definition) is 2. The van der Waals surface area contributed by atoms with Gasteiger partial charge in [-0.2, -0.15) is 0 Å². The van der Waals surface area contributed by atoms with Crippen LogP contribution in [0.2, 0.25) is 0 Å². The second kappa shape index (κ2) is 8.48. The van der Waals surface area contributed by atoms with E-state index < -0.39 is 17.9 Å². The second-order valence-corrected chi connectivity index (χ2v) is 4.45. The topological polar surface area (TPSA) is 78.6 Å². The predicted molar refractivity (Wildman–Crippen MR) is 75.6 cm³/mol. The molecule has 0 heterocycles. The van der Waals surface area contributed by atoms with Crippen molar-refractivity contribution in [2.45, 2.75) is 19.9 Å². The van der Waals surface area contributed by atoms with Crippen LogP contribution in [-0.4, -0.2) is 47.6 Å². The molecule has 1 aromatic rings. The van der Waals surface area contributed by atoms with Crippen LogP contribution in [0.15, 0.2) is 18.2 Å². The van der Waals surface area contributed by atoms with E-state index in [0.717, 1.165) is 0 Å². The standard InChI is InChI=1S/C13H19F2N3O3/c1-2-16-13-10(4-3-5-11(13)18(20)21)8-17(6-7-19)9-12(14)15/h3-5,12,16,19H,2,6-9H2,1H3. The smallest absolute Gasteiger partial charge is 0.292 e. The zero-order valence-electron chi connectivity index (χ0n) is 11.8. The van der Waals surface area contributed by atoms with Gasteiger partial charge in [0.25, 0.3) is 12.1 Å². The highest BCUT2D eigenvalue weighted by Gasteiger charge is 2.19. The lowest BCUT2D eigenvalue weighted by Crippen LogP contribution is -2.31. The van der Waals surface area contributed by atoms with Crippen molar-refractivity contribution in [3.63, 3.8) is 0 Å². The first-order valence-corrected chi connectivity index (χ1v) is 6.61. The molecular formula is C13H19F2N3O3. The van der Waals surface area contributed by atoms with Gasteiger partial charge in [-0.25, -0.2) is 8.78 Å². The average Bonchev–Trinajstić information content (AvgIpc) is 2.40. The second-order valence-electron chi connectivity index (χ2n) is 4.45. The minimum absolute atomic E-state index is 0.0819. The molecule has 0 bridgehead atoms. The van der Waals surface area contributed by atoms with Gasteiger partial charge in [0.15, 0.2) is 0 Å². The van der Waals surface area contributed by atoms with E-state index in [1.54, 1.807) is 13.0 Å². The molecule has 0 spiro atoms. The number of halogens is 2. The van der Waals surface area contributed by atoms with Gasteiger partial charge >= 0.3 is 0 Å². The fourth-order valence-electron chi connectivity index (χ4n) is 2.06. The molecule has 21 heavy (non-hydrogen) atoms. The normalized spacial score (nSPS) is 11.1. The summed E-state index contributed by atoms with van der Waals surface area (Å²) < 4.78 is 25.0. The van der Waals surface area contributed by atoms with Gasteiger partial charge in [0.05, 0.1) is 18.1 Å². The van der Waals surface area contributed by atoms with Crippen LogP contribution in [0.1, 0.15) is 12.5 Å². The first kappa shape index (κ1) is 17.3. The van der Waals surface area contributed by atoms with Crippen LogP contribution in [0, 0.1) is 10.1 Å². The molecule has 8 heteroatoms. The number of anilines is 1. The Hall–Kier alpha value is -1.80. The molecule has 0 amide bonds. The maximum absolute atomic E-state index is 12.5. The Labute approximate surface area is 121 Å². The maximum atomic E-state index is 12.5. The van der Waals surface area contributed by atoms with Gasteiger partial charge in [0.1, 0.15) is 5.69 Å². The molecule has 0 saturated carbocycles. The third-order valence-corrected chi connectivity index (χ3v) is 2.89. The van der Waals surface area contributed by atoms with E-state index in [2.05, 4.69) is 5.32 Å². The number of rotatable bonds is 9. The molecule has 118 valence electrons. The molecule has 0 radical (unpaired) electrons. The number of benzene rings is 1. The average molecular weight is 303 g/mol. The van der Waals surface area contributed by atoms with Crippen molar-refractivity contribution < 1.29 is 18.8 Å². The van der Waals surface area contributed by atoms with E-state index in [4.69, 9.17) is 5.11 Å². The molecule has 0 aliphatic rings. The third-order valence-electron chi connectivity index (χ3n) is 2.89. The Balaban J connectivity index is 3.04. The molecule has 0 aromatic heterocycles. The van der Waals surface area contributed by atoms with Gasteiger partial charge in [-0.05, 0) is 12.5 Å². The molecular weight excluding hydrogens is 284 g/mol. The summed E-state index contributed by atoms with van der Waals surface area (Å²) in [6.45, 7) is 1.72. The van der Waals surface area contributed by atoms with Crippen LogP contribution >= 0.6 is 0 Å². The number of aliphatic hydroxyl groups is 1. The molecule has 0 atom stereocenters. The van der Waals surface area contributed by atoms with E-state index in [1.165, 1.54) is 17.0 Å². The summed E-state index contributed by atoms with van der Waals surface area (Å²) in [5.41, 5.74) is 0.803. The molecule has 2 N–H and O–H groups in total. The zero-order valence-corrected chi connectivity index (χ0v) is 11.8. The summed E-state index contributed by atoms with van der Waals surface area (Å²) >= 11 is 0. The lowest BCUT2D eigenvalue weighted by molar-refractivity contribution is -0.384. The number of nitro groups is 1. The maximum Gasteiger partial charge on any atom is 0.292 e. The molecule has 0 aliphatic carbocycles. The van der Waals surface area contributed by atoms with Crippen molar-refractivity contribution in [2.24, 2.45) is 0 Å². The summed E-state index contributed by atoms with van der Waals surface area (Å²) in [7, 11) is 0. The van der Waals surface area contributed by atoms with Crippen LogP contribution < -0.4 is 5.32 Å². The molecule has 1 rings (SSSR count). The van der Waals surface area contributed by atoms with Gasteiger partial charge in [-0.1, -0.05) is 12.1 Å². The Kier molecular flexibility index (Phi) is 6.97. The lowest BCUT2D eigenvalue weighted by Gasteiger charge is -2.22. The first-order valence-electron chi connectivity index (χ1n) is 6.61. The van der Waals surface area contributed by atoms with Gasteiger partial charge in [-0.15, -0.1) is 0 Å². The van der Waals surface area contributed by atoms with E-state index >= 15 is 0 Å². The highest BCUT2D eigenvalue weighted by Crippen LogP contribution is 2.29. The number of alkyl halides is 2. The van der Waals surface area contributed by atoms with Crippen LogP contribution in [0.25, 0.3) is 0 Å². The van der Waals surface area contributed by atoms with E-state index in [9.17, 15) is 18.9 Å². The minimum Gasteiger partial charge on any atom is -0.395 e. The van der Waals surface area contributed by atoms with Crippen molar-refractivity contribution in [3.8, 4) is 0 Å². The number of aliphatic hydroxyl groups excluding tert-OH is 1. The summed E-state index contributed by atoms with van der Waals surface area (Å²) in [6.07, 6.45) is -2.53. The fraction of sp³-hybridized carbons (Fsp3) is 0.538. The van der Waals surface area contributed by atoms with Crippen molar-refractivity contribution in [1.29, 1.82) is 0 Å². The Morgan fingerprint density at radius 2 is 2.19 bits per heavy atom. The zero-order chi connectivity index (χ0) is 15.8. The molecule has 0 fully saturated rings. The lowest BCUT2D eigenvalue weighted by atomic mass is 10.1. The Morgan fingerprint density at radius 3 is 2.71 bits per heavy atom. The van der Waals surface area contributed by atoms with E-state index in [1.807, 2.05) is 0 Å². The molecule has 1 aromatic carbocycles. The molecule has 6 nitrogen and oxygen atoms in total. The number of hydrogen-bond acceptors (Lipinski definition) is 5. The first-order chi connectivity index (χ1) is 9.99. The van der Waals surface area contributed by atoms with Crippen molar-refractivity contribution >= 4 is 11.4 Å². The molecule has 0 unspecified atom stereocenters. The fourth-order valence-corrected chi connectivity index (χ4v) is 2.06. The van der Waals surface area contributed by atoms with Gasteiger partial charge in [0, 0.05) is 25.7 Å². The SMILES string of the molecule is CCNc1c(CN(CCO)CC(F)F)cccc1[N+](=O)[O-]. The van der Waals surface area contributed by atoms with Gasteiger partial charge < -0.3 is 10.4 Å². The summed E-state index contributed by atoms with van der Waals surface area (Å²) in [4.78, 5) is 11.9. The van der Waals surface area contributed by atoms with Gasteiger partial charge in [0.2, 0.25) is 0 Å². The van der Waals surface area contributed by atoms with Crippen LogP contribution in [0.4, 0.5) is 20.2 Å². The minimum atomic E-state index is -2.53. The van der Waals surface area contributed by atoms with Crippen molar-refractivity contribution in [3.05, 3.63) is 33.9 Å². The third kappa shape index (κ3) is 5.24. The van der Waals surface area contributed by atoms with E-state index in [-0.39, 0.29) is 25.4 Å². The van der Waals surface area contributed by atoms with Crippen molar-refractivity contribution in [1.82, 2.24) is 4.90 Å². The summed E-state index contributed by atoms with van der Waals surface area (Å²) in [5.74, 6) is 0. The van der Waals surface area contributed by atoms with Crippen LogP contribution in [-0.2, 0) is 6.54 Å². The number of para-hydroxylation sites is 1. The Bertz CT molecular complexity index is 472. The number of nitrogens with zero attached hydrogens (tertiary/aromatic N) is 2. The monoisotopic (exact) mass is 303 g/mol. The van der Waals surface area contributed by atoms with E-state index in [0.29, 0.717) is 17.8 Å².